The summed E-state index contributed by atoms with van der Waals surface area (Å²) in [4.78, 5) is 38.3. The number of aliphatic carboxylic acids is 1. The molecule has 0 aromatic heterocycles. The maximum Gasteiger partial charge on any atom is 0.306 e. The van der Waals surface area contributed by atoms with Crippen molar-refractivity contribution in [2.24, 2.45) is 5.92 Å². The molecule has 1 aromatic rings. The van der Waals surface area contributed by atoms with E-state index in [9.17, 15) is 14.4 Å². The van der Waals surface area contributed by atoms with E-state index in [1.54, 1.807) is 43.3 Å². The molecular formula is C18H24N2O6. The Balaban J connectivity index is 1.77. The van der Waals surface area contributed by atoms with Crippen molar-refractivity contribution in [3.05, 3.63) is 24.3 Å². The summed E-state index contributed by atoms with van der Waals surface area (Å²) in [5.74, 6) is -0.585. The van der Waals surface area contributed by atoms with Gasteiger partial charge in [0, 0.05) is 26.2 Å². The summed E-state index contributed by atoms with van der Waals surface area (Å²) in [7, 11) is 3.09. The lowest BCUT2D eigenvalue weighted by molar-refractivity contribution is -0.146. The lowest BCUT2D eigenvalue weighted by Crippen LogP contribution is -2.46. The van der Waals surface area contributed by atoms with Gasteiger partial charge in [-0.1, -0.05) is 6.07 Å². The van der Waals surface area contributed by atoms with Crippen molar-refractivity contribution in [1.29, 1.82) is 0 Å². The molecule has 0 saturated carbocycles. The highest BCUT2D eigenvalue weighted by Gasteiger charge is 2.27. The number of carbonyl (C=O) groups is 3. The molecule has 0 atom stereocenters. The van der Waals surface area contributed by atoms with E-state index in [0.717, 1.165) is 0 Å². The van der Waals surface area contributed by atoms with Crippen LogP contribution in [0.25, 0.3) is 0 Å². The average Bonchev–Trinajstić information content (AvgIpc) is 2.66. The van der Waals surface area contributed by atoms with Crippen LogP contribution in [0, 0.1) is 5.92 Å². The van der Waals surface area contributed by atoms with E-state index in [2.05, 4.69) is 0 Å². The first-order valence-corrected chi connectivity index (χ1v) is 8.42. The third-order valence-corrected chi connectivity index (χ3v) is 4.40. The van der Waals surface area contributed by atoms with Crippen LogP contribution in [-0.2, 0) is 14.4 Å². The van der Waals surface area contributed by atoms with Gasteiger partial charge in [-0.3, -0.25) is 14.4 Å². The second kappa shape index (κ2) is 9.07. The average molecular weight is 364 g/mol. The summed E-state index contributed by atoms with van der Waals surface area (Å²) in [6, 6.07) is 6.91. The first kappa shape index (κ1) is 19.6. The number of amides is 2. The molecule has 8 nitrogen and oxygen atoms in total. The van der Waals surface area contributed by atoms with E-state index in [4.69, 9.17) is 14.6 Å². The maximum atomic E-state index is 12.3. The predicted octanol–water partition coefficient (Wildman–Crippen LogP) is 0.856. The third kappa shape index (κ3) is 5.37. The summed E-state index contributed by atoms with van der Waals surface area (Å²) in [6.07, 6.45) is 0.884. The zero-order chi connectivity index (χ0) is 19.1. The van der Waals surface area contributed by atoms with Gasteiger partial charge in [-0.15, -0.1) is 0 Å². The van der Waals surface area contributed by atoms with Gasteiger partial charge in [0.2, 0.25) is 5.91 Å². The Morgan fingerprint density at radius 3 is 2.50 bits per heavy atom. The molecular weight excluding hydrogens is 340 g/mol. The molecule has 1 aliphatic heterocycles. The third-order valence-electron chi connectivity index (χ3n) is 4.40. The van der Waals surface area contributed by atoms with Crippen LogP contribution in [0.1, 0.15) is 12.8 Å². The summed E-state index contributed by atoms with van der Waals surface area (Å²) in [5.41, 5.74) is 0. The number of carboxylic acid groups (broad SMARTS) is 1. The minimum Gasteiger partial charge on any atom is -0.497 e. The van der Waals surface area contributed by atoms with E-state index in [-0.39, 0.29) is 25.0 Å². The van der Waals surface area contributed by atoms with Crippen LogP contribution in [0.4, 0.5) is 0 Å². The van der Waals surface area contributed by atoms with Crippen LogP contribution in [0.3, 0.4) is 0 Å². The smallest absolute Gasteiger partial charge is 0.306 e. The second-order valence-corrected chi connectivity index (χ2v) is 6.21. The fourth-order valence-electron chi connectivity index (χ4n) is 2.71. The van der Waals surface area contributed by atoms with Gasteiger partial charge in [0.25, 0.3) is 5.91 Å². The number of rotatable bonds is 7. The summed E-state index contributed by atoms with van der Waals surface area (Å²) in [5, 5.41) is 8.99. The lowest BCUT2D eigenvalue weighted by Gasteiger charge is -2.31. The zero-order valence-corrected chi connectivity index (χ0v) is 15.0. The number of likely N-dealkylation sites (N-methyl/N-ethyl adjacent to an activating group) is 1. The van der Waals surface area contributed by atoms with Gasteiger partial charge in [0.15, 0.2) is 6.61 Å². The Bertz CT molecular complexity index is 655. The van der Waals surface area contributed by atoms with Gasteiger partial charge < -0.3 is 24.4 Å². The van der Waals surface area contributed by atoms with E-state index < -0.39 is 11.9 Å². The van der Waals surface area contributed by atoms with Crippen molar-refractivity contribution in [3.8, 4) is 11.5 Å². The Morgan fingerprint density at radius 2 is 1.88 bits per heavy atom. The monoisotopic (exact) mass is 364 g/mol. The van der Waals surface area contributed by atoms with Crippen LogP contribution < -0.4 is 9.47 Å². The van der Waals surface area contributed by atoms with Gasteiger partial charge in [0.05, 0.1) is 19.6 Å². The highest BCUT2D eigenvalue weighted by Crippen LogP contribution is 2.19. The van der Waals surface area contributed by atoms with Crippen molar-refractivity contribution in [2.75, 3.05) is 40.4 Å². The quantitative estimate of drug-likeness (QED) is 0.771. The normalized spacial score (nSPS) is 14.6. The first-order valence-electron chi connectivity index (χ1n) is 8.42. The number of hydrogen-bond donors (Lipinski definition) is 1. The second-order valence-electron chi connectivity index (χ2n) is 6.21. The number of likely N-dealkylation sites (tertiary alicyclic amines) is 1. The molecule has 1 aliphatic rings. The summed E-state index contributed by atoms with van der Waals surface area (Å²) < 4.78 is 10.5. The van der Waals surface area contributed by atoms with Crippen molar-refractivity contribution in [2.45, 2.75) is 12.8 Å². The molecule has 0 unspecified atom stereocenters. The van der Waals surface area contributed by atoms with Crippen LogP contribution in [-0.4, -0.2) is 73.1 Å². The Kier molecular flexibility index (Phi) is 6.82. The molecule has 0 bridgehead atoms. The molecule has 26 heavy (non-hydrogen) atoms. The van der Waals surface area contributed by atoms with Gasteiger partial charge in [0.1, 0.15) is 11.5 Å². The summed E-state index contributed by atoms with van der Waals surface area (Å²) >= 11 is 0. The van der Waals surface area contributed by atoms with Gasteiger partial charge in [-0.2, -0.15) is 0 Å². The zero-order valence-electron chi connectivity index (χ0n) is 15.0. The van der Waals surface area contributed by atoms with E-state index in [1.807, 2.05) is 0 Å². The van der Waals surface area contributed by atoms with Crippen LogP contribution >= 0.6 is 0 Å². The van der Waals surface area contributed by atoms with Crippen molar-refractivity contribution in [1.82, 2.24) is 9.80 Å². The highest BCUT2D eigenvalue weighted by atomic mass is 16.5. The van der Waals surface area contributed by atoms with Crippen LogP contribution in [0.5, 0.6) is 11.5 Å². The standard InChI is InChI=1S/C18H24N2O6/c1-19(11-16(21)20-8-6-13(7-9-20)18(23)24)17(22)12-26-15-5-3-4-14(10-15)25-2/h3-5,10,13H,6-9,11-12H2,1-2H3,(H,23,24). The number of carbonyl (C=O) groups excluding carboxylic acids is 2. The Hall–Kier alpha value is -2.77. The molecule has 1 saturated heterocycles. The van der Waals surface area contributed by atoms with Gasteiger partial charge in [-0.25, -0.2) is 0 Å². The molecule has 0 radical (unpaired) electrons. The predicted molar refractivity (Wildman–Crippen MR) is 93.1 cm³/mol. The minimum atomic E-state index is -0.820. The Labute approximate surface area is 152 Å². The lowest BCUT2D eigenvalue weighted by atomic mass is 9.97. The van der Waals surface area contributed by atoms with E-state index in [0.29, 0.717) is 37.4 Å². The fraction of sp³-hybridized carbons (Fsp3) is 0.500. The molecule has 8 heteroatoms. The van der Waals surface area contributed by atoms with E-state index in [1.165, 1.54) is 4.90 Å². The van der Waals surface area contributed by atoms with Crippen molar-refractivity contribution < 1.29 is 29.0 Å². The minimum absolute atomic E-state index is 0.0575. The van der Waals surface area contributed by atoms with Crippen molar-refractivity contribution >= 4 is 17.8 Å². The van der Waals surface area contributed by atoms with Crippen LogP contribution in [0.15, 0.2) is 24.3 Å². The SMILES string of the molecule is COc1cccc(OCC(=O)N(C)CC(=O)N2CCC(C(=O)O)CC2)c1. The number of benzene rings is 1. The molecule has 1 fully saturated rings. The number of piperidine rings is 1. The molecule has 2 rings (SSSR count). The van der Waals surface area contributed by atoms with Crippen molar-refractivity contribution in [3.63, 3.8) is 0 Å². The first-order chi connectivity index (χ1) is 12.4. The molecule has 142 valence electrons. The Morgan fingerprint density at radius 1 is 1.23 bits per heavy atom. The summed E-state index contributed by atoms with van der Waals surface area (Å²) in [6.45, 7) is 0.562. The topological polar surface area (TPSA) is 96.4 Å². The highest BCUT2D eigenvalue weighted by molar-refractivity contribution is 5.85. The van der Waals surface area contributed by atoms with E-state index >= 15 is 0 Å². The largest absolute Gasteiger partial charge is 0.497 e. The molecule has 2 amide bonds. The molecule has 0 aliphatic carbocycles. The maximum absolute atomic E-state index is 12.3. The number of methoxy groups -OCH3 is 1. The molecule has 1 aromatic carbocycles. The molecule has 1 N–H and O–H groups in total. The van der Waals surface area contributed by atoms with Crippen LogP contribution in [0.2, 0.25) is 0 Å². The number of ether oxygens (including phenoxy) is 2. The number of carboxylic acids is 1. The molecule has 1 heterocycles. The molecule has 0 spiro atoms. The van der Waals surface area contributed by atoms with Gasteiger partial charge >= 0.3 is 5.97 Å². The van der Waals surface area contributed by atoms with Gasteiger partial charge in [-0.05, 0) is 25.0 Å². The fourth-order valence-corrected chi connectivity index (χ4v) is 2.71. The number of hydrogen-bond acceptors (Lipinski definition) is 5. The number of nitrogens with zero attached hydrogens (tertiary/aromatic N) is 2.